The fraction of sp³-hybridized carbons (Fsp3) is 0.238. The van der Waals surface area contributed by atoms with Crippen molar-refractivity contribution in [2.75, 3.05) is 36.0 Å². The molecule has 1 aliphatic rings. The van der Waals surface area contributed by atoms with Gasteiger partial charge in [-0.25, -0.2) is 4.98 Å². The van der Waals surface area contributed by atoms with Crippen LogP contribution < -0.4 is 9.80 Å². The van der Waals surface area contributed by atoms with E-state index in [0.29, 0.717) is 34.5 Å². The Morgan fingerprint density at radius 2 is 1.70 bits per heavy atom. The summed E-state index contributed by atoms with van der Waals surface area (Å²) < 4.78 is 39.6. The van der Waals surface area contributed by atoms with Crippen molar-refractivity contribution in [3.63, 3.8) is 0 Å². The molecule has 2 aromatic carbocycles. The Labute approximate surface area is 178 Å². The number of nitrogens with one attached hydrogen (secondary N) is 1. The Morgan fingerprint density at radius 3 is 2.47 bits per heavy atom. The molecule has 1 aliphatic heterocycles. The second-order valence-corrected chi connectivity index (χ2v) is 8.15. The lowest BCUT2D eigenvalue weighted by atomic mass is 10.1. The third-order valence-electron chi connectivity index (χ3n) is 5.43. The molecule has 154 valence electrons. The van der Waals surface area contributed by atoms with E-state index in [0.717, 1.165) is 41.7 Å². The Bertz CT molecular complexity index is 1230. The summed E-state index contributed by atoms with van der Waals surface area (Å²) in [6.07, 6.45) is -0.766. The molecule has 1 N–H and O–H groups in total. The number of halogens is 4. The number of anilines is 2. The van der Waals surface area contributed by atoms with Gasteiger partial charge in [0.05, 0.1) is 16.6 Å². The molecule has 0 bridgehead atoms. The first-order valence-corrected chi connectivity index (χ1v) is 10.3. The van der Waals surface area contributed by atoms with Crippen LogP contribution in [0.25, 0.3) is 21.8 Å². The standard InChI is InChI=1S/C21H17BrF3N5/c22-17-10-15(21(23,24)25)11-18-19(17)28-20(27-18)30-7-5-29(6-8-30)16-2-1-13-3-4-26-12-14(13)9-16/h1-4,9-12H,5-8H2,(H,27,28). The van der Waals surface area contributed by atoms with Gasteiger partial charge in [0.1, 0.15) is 0 Å². The van der Waals surface area contributed by atoms with Crippen LogP contribution in [0, 0.1) is 0 Å². The predicted octanol–water partition coefficient (Wildman–Crippen LogP) is 5.22. The number of imidazole rings is 1. The van der Waals surface area contributed by atoms with Crippen LogP contribution in [0.5, 0.6) is 0 Å². The molecule has 2 aromatic heterocycles. The van der Waals surface area contributed by atoms with Gasteiger partial charge in [-0.2, -0.15) is 13.2 Å². The molecule has 0 amide bonds. The maximum atomic E-state index is 13.1. The Kier molecular flexibility index (Phi) is 4.57. The van der Waals surface area contributed by atoms with Crippen LogP contribution in [0.2, 0.25) is 0 Å². The van der Waals surface area contributed by atoms with Crippen molar-refractivity contribution in [1.82, 2.24) is 15.0 Å². The summed E-state index contributed by atoms with van der Waals surface area (Å²) in [7, 11) is 0. The van der Waals surface area contributed by atoms with E-state index in [9.17, 15) is 13.2 Å². The molecule has 0 saturated carbocycles. The molecular formula is C21H17BrF3N5. The van der Waals surface area contributed by atoms with Crippen LogP contribution in [0.15, 0.2) is 53.3 Å². The summed E-state index contributed by atoms with van der Waals surface area (Å²) in [5.41, 5.74) is 1.30. The number of rotatable bonds is 2. The highest BCUT2D eigenvalue weighted by atomic mass is 79.9. The van der Waals surface area contributed by atoms with Crippen LogP contribution in [0.1, 0.15) is 5.56 Å². The minimum Gasteiger partial charge on any atom is -0.368 e. The number of fused-ring (bicyclic) bond motifs is 2. The van der Waals surface area contributed by atoms with Gasteiger partial charge in [0, 0.05) is 54.1 Å². The predicted molar refractivity (Wildman–Crippen MR) is 115 cm³/mol. The maximum absolute atomic E-state index is 13.1. The molecule has 30 heavy (non-hydrogen) atoms. The van der Waals surface area contributed by atoms with E-state index in [4.69, 9.17) is 0 Å². The summed E-state index contributed by atoms with van der Waals surface area (Å²) in [6.45, 7) is 3.01. The number of hydrogen-bond donors (Lipinski definition) is 1. The molecule has 0 spiro atoms. The lowest BCUT2D eigenvalue weighted by molar-refractivity contribution is -0.137. The molecule has 5 rings (SSSR count). The molecule has 4 aromatic rings. The fourth-order valence-electron chi connectivity index (χ4n) is 3.82. The van der Waals surface area contributed by atoms with Crippen molar-refractivity contribution in [1.29, 1.82) is 0 Å². The van der Waals surface area contributed by atoms with Crippen LogP contribution in [0.3, 0.4) is 0 Å². The second kappa shape index (κ2) is 7.16. The molecule has 3 heterocycles. The summed E-state index contributed by atoms with van der Waals surface area (Å²) in [4.78, 5) is 16.1. The Balaban J connectivity index is 1.35. The lowest BCUT2D eigenvalue weighted by Gasteiger charge is -2.36. The smallest absolute Gasteiger partial charge is 0.368 e. The van der Waals surface area contributed by atoms with Crippen molar-refractivity contribution in [3.8, 4) is 0 Å². The van der Waals surface area contributed by atoms with Crippen LogP contribution in [-0.4, -0.2) is 41.1 Å². The van der Waals surface area contributed by atoms with E-state index in [1.165, 1.54) is 0 Å². The van der Waals surface area contributed by atoms with E-state index in [2.05, 4.69) is 58.9 Å². The molecule has 1 saturated heterocycles. The summed E-state index contributed by atoms with van der Waals surface area (Å²) in [5, 5.41) is 2.25. The van der Waals surface area contributed by atoms with Gasteiger partial charge in [0.25, 0.3) is 0 Å². The third-order valence-corrected chi connectivity index (χ3v) is 6.05. The number of benzene rings is 2. The summed E-state index contributed by atoms with van der Waals surface area (Å²) in [6, 6.07) is 10.5. The second-order valence-electron chi connectivity index (χ2n) is 7.29. The van der Waals surface area contributed by atoms with Crippen LogP contribution in [-0.2, 0) is 6.18 Å². The van der Waals surface area contributed by atoms with Gasteiger partial charge in [0.15, 0.2) is 0 Å². The molecule has 0 aliphatic carbocycles. The zero-order valence-electron chi connectivity index (χ0n) is 15.7. The first-order chi connectivity index (χ1) is 14.4. The number of hydrogen-bond acceptors (Lipinski definition) is 4. The van der Waals surface area contributed by atoms with Crippen molar-refractivity contribution >= 4 is 49.4 Å². The fourth-order valence-corrected chi connectivity index (χ4v) is 4.37. The molecule has 5 nitrogen and oxygen atoms in total. The van der Waals surface area contributed by atoms with Crippen molar-refractivity contribution in [3.05, 3.63) is 58.8 Å². The van der Waals surface area contributed by atoms with Gasteiger partial charge in [-0.3, -0.25) is 4.98 Å². The first kappa shape index (κ1) is 19.2. The number of alkyl halides is 3. The number of nitrogens with zero attached hydrogens (tertiary/aromatic N) is 4. The van der Waals surface area contributed by atoms with E-state index in [1.807, 2.05) is 12.3 Å². The maximum Gasteiger partial charge on any atom is 0.416 e. The lowest BCUT2D eigenvalue weighted by Crippen LogP contribution is -2.46. The SMILES string of the molecule is FC(F)(F)c1cc(Br)c2[nH]c(N3CCN(c4ccc5ccncc5c4)CC3)nc2c1. The van der Waals surface area contributed by atoms with E-state index >= 15 is 0 Å². The Morgan fingerprint density at radius 1 is 0.933 bits per heavy atom. The van der Waals surface area contributed by atoms with Gasteiger partial charge in [0.2, 0.25) is 5.95 Å². The van der Waals surface area contributed by atoms with Crippen molar-refractivity contribution < 1.29 is 13.2 Å². The van der Waals surface area contributed by atoms with Crippen LogP contribution >= 0.6 is 15.9 Å². The van der Waals surface area contributed by atoms with Gasteiger partial charge in [-0.1, -0.05) is 6.07 Å². The quantitative estimate of drug-likeness (QED) is 0.431. The average molecular weight is 476 g/mol. The molecule has 0 unspecified atom stereocenters. The number of pyridine rings is 1. The number of aromatic amines is 1. The summed E-state index contributed by atoms with van der Waals surface area (Å²) in [5.74, 6) is 0.590. The van der Waals surface area contributed by atoms with E-state index < -0.39 is 11.7 Å². The highest BCUT2D eigenvalue weighted by Crippen LogP contribution is 2.35. The topological polar surface area (TPSA) is 48.1 Å². The normalized spacial score (nSPS) is 15.3. The van der Waals surface area contributed by atoms with Gasteiger partial charge in [-0.05, 0) is 51.6 Å². The molecule has 0 atom stereocenters. The molecular weight excluding hydrogens is 459 g/mol. The number of H-pyrrole nitrogens is 1. The molecule has 9 heteroatoms. The summed E-state index contributed by atoms with van der Waals surface area (Å²) >= 11 is 3.23. The number of aromatic nitrogens is 3. The Hall–Kier alpha value is -2.81. The van der Waals surface area contributed by atoms with Crippen molar-refractivity contribution in [2.24, 2.45) is 0 Å². The van der Waals surface area contributed by atoms with Crippen LogP contribution in [0.4, 0.5) is 24.8 Å². The zero-order valence-corrected chi connectivity index (χ0v) is 17.3. The average Bonchev–Trinajstić information content (AvgIpc) is 3.18. The number of piperazine rings is 1. The highest BCUT2D eigenvalue weighted by molar-refractivity contribution is 9.10. The minimum atomic E-state index is -4.41. The highest BCUT2D eigenvalue weighted by Gasteiger charge is 2.32. The van der Waals surface area contributed by atoms with E-state index in [1.54, 1.807) is 6.20 Å². The van der Waals surface area contributed by atoms with E-state index in [-0.39, 0.29) is 0 Å². The minimum absolute atomic E-state index is 0.302. The largest absolute Gasteiger partial charge is 0.416 e. The monoisotopic (exact) mass is 475 g/mol. The third kappa shape index (κ3) is 3.47. The van der Waals surface area contributed by atoms with Gasteiger partial charge < -0.3 is 14.8 Å². The molecule has 0 radical (unpaired) electrons. The van der Waals surface area contributed by atoms with Gasteiger partial charge >= 0.3 is 6.18 Å². The molecule has 1 fully saturated rings. The zero-order chi connectivity index (χ0) is 20.9. The van der Waals surface area contributed by atoms with Crippen molar-refractivity contribution in [2.45, 2.75) is 6.18 Å². The first-order valence-electron chi connectivity index (χ1n) is 9.49. The van der Waals surface area contributed by atoms with Gasteiger partial charge in [-0.15, -0.1) is 0 Å².